The molecule has 0 spiro atoms. The molecule has 0 aromatic carbocycles. The van der Waals surface area contributed by atoms with Gasteiger partial charge in [0, 0.05) is 50.3 Å². The fourth-order valence-corrected chi connectivity index (χ4v) is 3.37. The van der Waals surface area contributed by atoms with E-state index in [2.05, 4.69) is 66.2 Å². The van der Waals surface area contributed by atoms with Gasteiger partial charge in [-0.25, -0.2) is 15.0 Å². The first kappa shape index (κ1) is 22.9. The summed E-state index contributed by atoms with van der Waals surface area (Å²) in [5.41, 5.74) is 1.08. The summed E-state index contributed by atoms with van der Waals surface area (Å²) in [7, 11) is 0. The molecule has 2 heterocycles. The zero-order chi connectivity index (χ0) is 21.2. The molecule has 0 saturated heterocycles. The van der Waals surface area contributed by atoms with Crippen LogP contribution in [0.25, 0.3) is 5.82 Å². The Kier molecular flexibility index (Phi) is 9.12. The van der Waals surface area contributed by atoms with E-state index >= 15 is 0 Å². The van der Waals surface area contributed by atoms with Gasteiger partial charge in [0.2, 0.25) is 0 Å². The Balaban J connectivity index is 1.87. The fraction of sp³-hybridized carbons (Fsp3) is 0.591. The third kappa shape index (κ3) is 7.16. The molecule has 0 amide bonds. The van der Waals surface area contributed by atoms with Crippen molar-refractivity contribution in [1.29, 1.82) is 0 Å². The number of guanidine groups is 1. The van der Waals surface area contributed by atoms with Gasteiger partial charge in [0.25, 0.3) is 0 Å². The highest BCUT2D eigenvalue weighted by atomic mass is 15.2. The van der Waals surface area contributed by atoms with E-state index in [-0.39, 0.29) is 0 Å². The molecule has 0 aliphatic rings. The monoisotopic (exact) mass is 399 g/mol. The van der Waals surface area contributed by atoms with E-state index in [1.807, 2.05) is 30.0 Å². The largest absolute Gasteiger partial charge is 0.357 e. The Morgan fingerprint density at radius 3 is 2.45 bits per heavy atom. The van der Waals surface area contributed by atoms with Gasteiger partial charge >= 0.3 is 0 Å². The van der Waals surface area contributed by atoms with Gasteiger partial charge in [0.15, 0.2) is 5.96 Å². The molecule has 0 aliphatic heterocycles. The molecule has 0 bridgehead atoms. The highest BCUT2D eigenvalue weighted by molar-refractivity contribution is 5.79. The molecule has 7 heteroatoms. The van der Waals surface area contributed by atoms with Gasteiger partial charge in [-0.05, 0) is 59.6 Å². The molecular weight excluding hydrogens is 362 g/mol. The summed E-state index contributed by atoms with van der Waals surface area (Å²) in [5, 5.41) is 6.77. The minimum absolute atomic E-state index is 0.568. The predicted octanol–water partition coefficient (Wildman–Crippen LogP) is 3.14. The van der Waals surface area contributed by atoms with Crippen LogP contribution in [0.15, 0.2) is 35.7 Å². The molecule has 7 nitrogen and oxygen atoms in total. The molecule has 0 atom stereocenters. The van der Waals surface area contributed by atoms with Crippen molar-refractivity contribution < 1.29 is 0 Å². The Bertz CT molecular complexity index is 739. The maximum absolute atomic E-state index is 4.70. The molecule has 0 radical (unpaired) electrons. The normalized spacial score (nSPS) is 12.2. The minimum atomic E-state index is 0.568. The minimum Gasteiger partial charge on any atom is -0.357 e. The van der Waals surface area contributed by atoms with Crippen LogP contribution in [0.3, 0.4) is 0 Å². The molecule has 0 aliphatic carbocycles. The molecule has 160 valence electrons. The summed E-state index contributed by atoms with van der Waals surface area (Å²) in [6.45, 7) is 16.5. The van der Waals surface area contributed by atoms with Crippen molar-refractivity contribution in [2.24, 2.45) is 4.99 Å². The fourth-order valence-electron chi connectivity index (χ4n) is 3.37. The Morgan fingerprint density at radius 1 is 1.14 bits per heavy atom. The van der Waals surface area contributed by atoms with Crippen molar-refractivity contribution in [3.63, 3.8) is 0 Å². The quantitative estimate of drug-likeness (QED) is 0.365. The average Bonchev–Trinajstić information content (AvgIpc) is 3.11. The number of rotatable bonds is 10. The van der Waals surface area contributed by atoms with Gasteiger partial charge in [-0.2, -0.15) is 0 Å². The van der Waals surface area contributed by atoms with Gasteiger partial charge in [0.05, 0.1) is 6.54 Å². The van der Waals surface area contributed by atoms with E-state index in [0.717, 1.165) is 49.2 Å². The number of aromatic nitrogens is 3. The van der Waals surface area contributed by atoms with Crippen LogP contribution in [-0.4, -0.2) is 57.1 Å². The topological polar surface area (TPSA) is 70.4 Å². The first-order chi connectivity index (χ1) is 13.9. The zero-order valence-corrected chi connectivity index (χ0v) is 18.8. The first-order valence-electron chi connectivity index (χ1n) is 10.7. The van der Waals surface area contributed by atoms with Crippen LogP contribution < -0.4 is 10.6 Å². The lowest BCUT2D eigenvalue weighted by Gasteiger charge is -2.30. The van der Waals surface area contributed by atoms with E-state index in [9.17, 15) is 0 Å². The summed E-state index contributed by atoms with van der Waals surface area (Å²) >= 11 is 0. The van der Waals surface area contributed by atoms with E-state index in [4.69, 9.17) is 4.99 Å². The maximum atomic E-state index is 4.70. The average molecular weight is 400 g/mol. The van der Waals surface area contributed by atoms with Crippen molar-refractivity contribution in [3.05, 3.63) is 42.1 Å². The number of nitrogens with zero attached hydrogens (tertiary/aromatic N) is 5. The van der Waals surface area contributed by atoms with E-state index in [1.54, 1.807) is 6.20 Å². The number of hydrogen-bond donors (Lipinski definition) is 2. The first-order valence-corrected chi connectivity index (χ1v) is 10.7. The van der Waals surface area contributed by atoms with Crippen LogP contribution in [0.1, 0.15) is 52.4 Å². The summed E-state index contributed by atoms with van der Waals surface area (Å²) in [5.74, 6) is 2.65. The molecule has 0 unspecified atom stereocenters. The second-order valence-corrected chi connectivity index (χ2v) is 7.77. The molecule has 2 N–H and O–H groups in total. The third-order valence-electron chi connectivity index (χ3n) is 4.86. The Morgan fingerprint density at radius 2 is 1.90 bits per heavy atom. The second-order valence-electron chi connectivity index (χ2n) is 7.77. The highest BCUT2D eigenvalue weighted by Gasteiger charge is 2.12. The smallest absolute Gasteiger partial charge is 0.191 e. The lowest BCUT2D eigenvalue weighted by Crippen LogP contribution is -2.41. The second kappa shape index (κ2) is 11.6. The van der Waals surface area contributed by atoms with Crippen molar-refractivity contribution in [1.82, 2.24) is 30.1 Å². The van der Waals surface area contributed by atoms with Crippen LogP contribution in [0.5, 0.6) is 0 Å². The van der Waals surface area contributed by atoms with Crippen molar-refractivity contribution in [3.8, 4) is 5.82 Å². The van der Waals surface area contributed by atoms with Crippen LogP contribution in [0.4, 0.5) is 0 Å². The number of aliphatic imine (C=N–C) groups is 1. The van der Waals surface area contributed by atoms with E-state index in [0.29, 0.717) is 18.6 Å². The summed E-state index contributed by atoms with van der Waals surface area (Å²) in [6.07, 6.45) is 6.67. The van der Waals surface area contributed by atoms with Crippen molar-refractivity contribution in [2.45, 2.75) is 66.6 Å². The lowest BCUT2D eigenvalue weighted by molar-refractivity contribution is 0.173. The van der Waals surface area contributed by atoms with Gasteiger partial charge in [0.1, 0.15) is 11.6 Å². The summed E-state index contributed by atoms with van der Waals surface area (Å²) < 4.78 is 1.97. The maximum Gasteiger partial charge on any atom is 0.191 e. The number of pyridine rings is 1. The van der Waals surface area contributed by atoms with Crippen molar-refractivity contribution >= 4 is 5.96 Å². The standard InChI is InChI=1S/C22H37N7/c1-7-23-22(25-11-8-13-28(17(2)3)18(4)5)27-16-20-9-10-21(26-15-20)29-14-12-24-19(29)6/h9-10,12,14-15,17-18H,7-8,11,13,16H2,1-6H3,(H2,23,25,27). The molecule has 2 rings (SSSR count). The van der Waals surface area contributed by atoms with Crippen LogP contribution in [0.2, 0.25) is 0 Å². The molecule has 0 saturated carbocycles. The van der Waals surface area contributed by atoms with Crippen molar-refractivity contribution in [2.75, 3.05) is 19.6 Å². The molecular formula is C22H37N7. The highest BCUT2D eigenvalue weighted by Crippen LogP contribution is 2.09. The van der Waals surface area contributed by atoms with Gasteiger partial charge in [-0.1, -0.05) is 6.07 Å². The zero-order valence-electron chi connectivity index (χ0n) is 18.8. The number of imidazole rings is 1. The van der Waals surface area contributed by atoms with E-state index in [1.165, 1.54) is 0 Å². The van der Waals surface area contributed by atoms with Crippen LogP contribution in [0, 0.1) is 6.92 Å². The molecule has 0 fully saturated rings. The van der Waals surface area contributed by atoms with Crippen LogP contribution >= 0.6 is 0 Å². The van der Waals surface area contributed by atoms with Gasteiger partial charge in [-0.3, -0.25) is 9.47 Å². The van der Waals surface area contributed by atoms with Crippen LogP contribution in [-0.2, 0) is 6.54 Å². The third-order valence-corrected chi connectivity index (χ3v) is 4.86. The summed E-state index contributed by atoms with van der Waals surface area (Å²) in [4.78, 5) is 16.0. The Hall–Kier alpha value is -2.41. The molecule has 29 heavy (non-hydrogen) atoms. The van der Waals surface area contributed by atoms with Gasteiger partial charge < -0.3 is 10.6 Å². The SMILES string of the molecule is CCNC(=NCc1ccc(-n2ccnc2C)nc1)NCCCN(C(C)C)C(C)C. The van der Waals surface area contributed by atoms with E-state index < -0.39 is 0 Å². The van der Waals surface area contributed by atoms with Gasteiger partial charge in [-0.15, -0.1) is 0 Å². The molecule has 2 aromatic heterocycles. The number of nitrogens with one attached hydrogen (secondary N) is 2. The molecule has 2 aromatic rings. The Labute approximate surface area is 175 Å². The summed E-state index contributed by atoms with van der Waals surface area (Å²) in [6, 6.07) is 5.21. The number of aryl methyl sites for hydroxylation is 1. The number of hydrogen-bond acceptors (Lipinski definition) is 4. The lowest BCUT2D eigenvalue weighted by atomic mass is 10.2. The predicted molar refractivity (Wildman–Crippen MR) is 121 cm³/mol.